The maximum Gasteiger partial charge on any atom is 0.0642 e. The maximum atomic E-state index is 10.5. The van der Waals surface area contributed by atoms with Gasteiger partial charge in [0.05, 0.1) is 18.8 Å². The van der Waals surface area contributed by atoms with Crippen LogP contribution in [-0.2, 0) is 4.74 Å². The molecule has 40 heavy (non-hydrogen) atoms. The lowest BCUT2D eigenvalue weighted by atomic mass is 9.46. The van der Waals surface area contributed by atoms with Gasteiger partial charge in [-0.1, -0.05) is 62.1 Å². The lowest BCUT2D eigenvalue weighted by Crippen LogP contribution is -2.60. The van der Waals surface area contributed by atoms with Gasteiger partial charge in [0.2, 0.25) is 0 Å². The van der Waals surface area contributed by atoms with Gasteiger partial charge < -0.3 is 15.6 Å². The Bertz CT molecular complexity index is 1090. The van der Waals surface area contributed by atoms with Crippen LogP contribution < -0.4 is 5.73 Å². The third-order valence-electron chi connectivity index (χ3n) is 14.5. The predicted molar refractivity (Wildman–Crippen MR) is 166 cm³/mol. The number of nitrogens with two attached hydrogens (primary N) is 1. The minimum absolute atomic E-state index is 0.0988. The minimum atomic E-state index is -0.165. The summed E-state index contributed by atoms with van der Waals surface area (Å²) in [7, 11) is 0. The third kappa shape index (κ3) is 3.78. The normalized spacial score (nSPS) is 50.2. The molecule has 1 saturated heterocycles. The number of rotatable bonds is 5. The van der Waals surface area contributed by atoms with E-state index in [1.54, 1.807) is 11.1 Å². The molecule has 0 aromatic carbocycles. The van der Waals surface area contributed by atoms with Crippen LogP contribution in [0.25, 0.3) is 0 Å². The van der Waals surface area contributed by atoms with Gasteiger partial charge in [-0.3, -0.25) is 0 Å². The van der Waals surface area contributed by atoms with E-state index in [0.29, 0.717) is 35.7 Å². The maximum absolute atomic E-state index is 10.5. The van der Waals surface area contributed by atoms with Gasteiger partial charge in [-0.15, -0.1) is 13.2 Å². The van der Waals surface area contributed by atoms with E-state index in [1.807, 2.05) is 0 Å². The van der Waals surface area contributed by atoms with Gasteiger partial charge >= 0.3 is 0 Å². The molecule has 1 heterocycles. The van der Waals surface area contributed by atoms with Crippen molar-refractivity contribution in [3.8, 4) is 0 Å². The smallest absolute Gasteiger partial charge is 0.0642 e. The van der Waals surface area contributed by atoms with E-state index >= 15 is 0 Å². The molecule has 0 radical (unpaired) electrons. The van der Waals surface area contributed by atoms with Gasteiger partial charge in [-0.25, -0.2) is 0 Å². The van der Waals surface area contributed by atoms with Crippen molar-refractivity contribution in [2.24, 2.45) is 57.0 Å². The summed E-state index contributed by atoms with van der Waals surface area (Å²) in [4.78, 5) is 0. The van der Waals surface area contributed by atoms with Crippen LogP contribution >= 0.6 is 0 Å². The third-order valence-corrected chi connectivity index (χ3v) is 14.5. The second kappa shape index (κ2) is 10.2. The van der Waals surface area contributed by atoms with Gasteiger partial charge in [0.25, 0.3) is 0 Å². The molecule has 3 nitrogen and oxygen atoms in total. The molecule has 11 atom stereocenters. The molecule has 8 unspecified atom stereocenters. The SMILES string of the molecule is C=CCC12C(CCN)CCC(C)C[C@H]1OCC1(CC[C@@H]3C(=C1C)CC1C4(C)CCC(O)CC4=CCC13C=C)[C@@H]2C. The molecule has 3 N–H and O–H groups in total. The summed E-state index contributed by atoms with van der Waals surface area (Å²) in [6, 6.07) is 0. The molecule has 0 aromatic rings. The van der Waals surface area contributed by atoms with Crippen molar-refractivity contribution >= 4 is 0 Å². The fourth-order valence-corrected chi connectivity index (χ4v) is 12.1. The fourth-order valence-electron chi connectivity index (χ4n) is 12.1. The van der Waals surface area contributed by atoms with Crippen molar-refractivity contribution < 1.29 is 9.84 Å². The molecule has 0 amide bonds. The summed E-state index contributed by atoms with van der Waals surface area (Å²) in [6.07, 6.45) is 20.8. The Hall–Kier alpha value is -1.16. The number of allylic oxidation sites excluding steroid dienone is 4. The standard InChI is InChI=1S/C37H57NO2/c1-7-15-37-26(5)36(23-40-33(37)20-24(3)9-10-27(37)14-19-38)18-13-31-30(25(36)4)22-32-34(6)16-12-29(39)21-28(34)11-17-35(31,32)8-2/h7-8,11,24,26-27,29,31-33,39H,1-2,9-10,12-23,38H2,3-6H3/t24?,26-,27?,29?,31+,32?,33+,34?,35?,36?,37?/m0/s1. The molecule has 0 bridgehead atoms. The average Bonchev–Trinajstić information content (AvgIpc) is 3.22. The Morgan fingerprint density at radius 2 is 1.93 bits per heavy atom. The second-order valence-electron chi connectivity index (χ2n) is 15.5. The first-order valence-corrected chi connectivity index (χ1v) is 16.8. The molecule has 6 aliphatic rings. The first-order valence-electron chi connectivity index (χ1n) is 16.8. The summed E-state index contributed by atoms with van der Waals surface area (Å²) in [6.45, 7) is 20.6. The summed E-state index contributed by atoms with van der Waals surface area (Å²) < 4.78 is 7.15. The molecule has 222 valence electrons. The topological polar surface area (TPSA) is 55.5 Å². The van der Waals surface area contributed by atoms with Crippen LogP contribution in [0.5, 0.6) is 0 Å². The summed E-state index contributed by atoms with van der Waals surface area (Å²) in [5.74, 6) is 3.03. The fraction of sp³-hybridized carbons (Fsp3) is 0.784. The van der Waals surface area contributed by atoms with Crippen molar-refractivity contribution in [2.45, 2.75) is 117 Å². The Kier molecular flexibility index (Phi) is 7.40. The van der Waals surface area contributed by atoms with E-state index in [9.17, 15) is 5.11 Å². The van der Waals surface area contributed by atoms with Gasteiger partial charge in [0.1, 0.15) is 0 Å². The number of ether oxygens (including phenoxy) is 1. The van der Waals surface area contributed by atoms with Crippen molar-refractivity contribution in [2.75, 3.05) is 13.2 Å². The van der Waals surface area contributed by atoms with Crippen LogP contribution in [0.1, 0.15) is 105 Å². The molecule has 1 aliphatic heterocycles. The van der Waals surface area contributed by atoms with Gasteiger partial charge in [0.15, 0.2) is 0 Å². The molecule has 0 aromatic heterocycles. The van der Waals surface area contributed by atoms with Crippen LogP contribution in [0.2, 0.25) is 0 Å². The molecule has 6 rings (SSSR count). The lowest BCUT2D eigenvalue weighted by molar-refractivity contribution is -0.202. The predicted octanol–water partition coefficient (Wildman–Crippen LogP) is 8.16. The van der Waals surface area contributed by atoms with E-state index in [1.165, 1.54) is 44.1 Å². The first-order chi connectivity index (χ1) is 19.1. The number of hydrogen-bond donors (Lipinski definition) is 2. The number of aliphatic hydroxyl groups is 1. The number of aliphatic hydroxyl groups excluding tert-OH is 1. The van der Waals surface area contributed by atoms with E-state index in [2.05, 4.69) is 59.1 Å². The van der Waals surface area contributed by atoms with Crippen LogP contribution in [-0.4, -0.2) is 30.5 Å². The molecule has 1 spiro atoms. The Morgan fingerprint density at radius 1 is 1.12 bits per heavy atom. The van der Waals surface area contributed by atoms with Crippen LogP contribution in [0.15, 0.2) is 48.1 Å². The monoisotopic (exact) mass is 547 g/mol. The van der Waals surface area contributed by atoms with E-state index in [-0.39, 0.29) is 27.8 Å². The highest BCUT2D eigenvalue weighted by Crippen LogP contribution is 2.72. The highest BCUT2D eigenvalue weighted by Gasteiger charge is 2.65. The summed E-state index contributed by atoms with van der Waals surface area (Å²) >= 11 is 0. The first kappa shape index (κ1) is 28.9. The highest BCUT2D eigenvalue weighted by molar-refractivity contribution is 5.41. The zero-order chi connectivity index (χ0) is 28.5. The van der Waals surface area contributed by atoms with Crippen molar-refractivity contribution in [3.63, 3.8) is 0 Å². The minimum Gasteiger partial charge on any atom is -0.393 e. The lowest BCUT2D eigenvalue weighted by Gasteiger charge is -2.62. The zero-order valence-corrected chi connectivity index (χ0v) is 26.0. The largest absolute Gasteiger partial charge is 0.393 e. The molecular formula is C37H57NO2. The molecule has 4 fully saturated rings. The van der Waals surface area contributed by atoms with Crippen LogP contribution in [0, 0.1) is 51.2 Å². The number of hydrogen-bond acceptors (Lipinski definition) is 3. The average molecular weight is 548 g/mol. The van der Waals surface area contributed by atoms with Gasteiger partial charge in [-0.05, 0) is 119 Å². The van der Waals surface area contributed by atoms with Crippen molar-refractivity contribution in [1.29, 1.82) is 0 Å². The molecule has 5 aliphatic carbocycles. The Morgan fingerprint density at radius 3 is 2.65 bits per heavy atom. The van der Waals surface area contributed by atoms with E-state index < -0.39 is 0 Å². The molecule has 3 saturated carbocycles. The quantitative estimate of drug-likeness (QED) is 0.341. The van der Waals surface area contributed by atoms with E-state index in [0.717, 1.165) is 51.7 Å². The summed E-state index contributed by atoms with van der Waals surface area (Å²) in [5, 5.41) is 10.5. The Balaban J connectivity index is 1.43. The van der Waals surface area contributed by atoms with Crippen molar-refractivity contribution in [3.05, 3.63) is 48.1 Å². The summed E-state index contributed by atoms with van der Waals surface area (Å²) in [5.41, 5.74) is 11.8. The van der Waals surface area contributed by atoms with Crippen LogP contribution in [0.4, 0.5) is 0 Å². The van der Waals surface area contributed by atoms with E-state index in [4.69, 9.17) is 10.5 Å². The highest BCUT2D eigenvalue weighted by atomic mass is 16.5. The molecule has 3 heteroatoms. The van der Waals surface area contributed by atoms with Gasteiger partial charge in [0, 0.05) is 16.2 Å². The van der Waals surface area contributed by atoms with Crippen LogP contribution in [0.3, 0.4) is 0 Å². The van der Waals surface area contributed by atoms with Gasteiger partial charge in [-0.2, -0.15) is 0 Å². The Labute approximate surface area is 244 Å². The zero-order valence-electron chi connectivity index (χ0n) is 26.0. The number of fused-ring (bicyclic) bond motifs is 6. The second-order valence-corrected chi connectivity index (χ2v) is 15.5. The van der Waals surface area contributed by atoms with Crippen molar-refractivity contribution in [1.82, 2.24) is 0 Å². The molecular weight excluding hydrogens is 490 g/mol.